The molecule has 3 aromatic carbocycles. The van der Waals surface area contributed by atoms with E-state index < -0.39 is 18.2 Å². The van der Waals surface area contributed by atoms with Gasteiger partial charge in [-0.2, -0.15) is 0 Å². The minimum absolute atomic E-state index is 0.114. The van der Waals surface area contributed by atoms with Crippen molar-refractivity contribution in [2.45, 2.75) is 25.9 Å². The van der Waals surface area contributed by atoms with Gasteiger partial charge in [-0.25, -0.2) is 9.59 Å². The van der Waals surface area contributed by atoms with Crippen molar-refractivity contribution >= 4 is 44.5 Å². The molecule has 32 heavy (non-hydrogen) atoms. The Bertz CT molecular complexity index is 1130. The standard InChI is InChI=1S/C25H24BrNO5/c1-16(6-2-5-9-23(29)30)24(32-25(31)27-18-12-10-17(26)11-13-18)21-14-15-22(28)20-8-4-3-7-19(20)21/h3-5,7-16,24,28H,2,6H2,1H3,(H,27,31)(H,29,30)/b9-5+/t16-,24+/m0/s1. The van der Waals surface area contributed by atoms with Crippen molar-refractivity contribution in [3.05, 3.63) is 82.9 Å². The summed E-state index contributed by atoms with van der Waals surface area (Å²) >= 11 is 3.36. The van der Waals surface area contributed by atoms with Gasteiger partial charge in [0.15, 0.2) is 0 Å². The molecule has 3 N–H and O–H groups in total. The number of ether oxygens (including phenoxy) is 1. The number of carboxylic acid groups (broad SMARTS) is 1. The third kappa shape index (κ3) is 6.11. The van der Waals surface area contributed by atoms with Crippen LogP contribution in [0.15, 0.2) is 77.3 Å². The van der Waals surface area contributed by atoms with Crippen LogP contribution in [-0.4, -0.2) is 22.3 Å². The number of hydrogen-bond acceptors (Lipinski definition) is 4. The zero-order chi connectivity index (χ0) is 23.1. The van der Waals surface area contributed by atoms with Gasteiger partial charge >= 0.3 is 12.1 Å². The summed E-state index contributed by atoms with van der Waals surface area (Å²) in [7, 11) is 0. The molecule has 0 unspecified atom stereocenters. The second kappa shape index (κ2) is 10.8. The molecule has 0 aromatic heterocycles. The van der Waals surface area contributed by atoms with Crippen LogP contribution in [0.25, 0.3) is 10.8 Å². The van der Waals surface area contributed by atoms with Gasteiger partial charge in [0, 0.05) is 27.2 Å². The summed E-state index contributed by atoms with van der Waals surface area (Å²) in [6.45, 7) is 1.95. The number of aromatic hydroxyl groups is 1. The highest BCUT2D eigenvalue weighted by molar-refractivity contribution is 9.10. The quantitative estimate of drug-likeness (QED) is 0.302. The third-order valence-corrected chi connectivity index (χ3v) is 5.66. The van der Waals surface area contributed by atoms with Gasteiger partial charge < -0.3 is 14.9 Å². The first-order valence-corrected chi connectivity index (χ1v) is 11.0. The molecule has 0 aliphatic rings. The van der Waals surface area contributed by atoms with Crippen LogP contribution in [0.5, 0.6) is 5.75 Å². The maximum absolute atomic E-state index is 12.7. The highest BCUT2D eigenvalue weighted by Crippen LogP contribution is 2.37. The van der Waals surface area contributed by atoms with E-state index in [4.69, 9.17) is 9.84 Å². The topological polar surface area (TPSA) is 95.9 Å². The summed E-state index contributed by atoms with van der Waals surface area (Å²) in [5.74, 6) is -0.958. The second-order valence-electron chi connectivity index (χ2n) is 7.47. The number of nitrogens with one attached hydrogen (secondary N) is 1. The molecule has 2 atom stereocenters. The fourth-order valence-electron chi connectivity index (χ4n) is 3.53. The Morgan fingerprint density at radius 3 is 2.44 bits per heavy atom. The van der Waals surface area contributed by atoms with Gasteiger partial charge in [-0.3, -0.25) is 5.32 Å². The van der Waals surface area contributed by atoms with E-state index in [1.54, 1.807) is 30.3 Å². The van der Waals surface area contributed by atoms with Gasteiger partial charge in [0.05, 0.1) is 0 Å². The molecule has 6 nitrogen and oxygen atoms in total. The molecule has 7 heteroatoms. The summed E-state index contributed by atoms with van der Waals surface area (Å²) in [5, 5.41) is 23.3. The molecule has 3 aromatic rings. The Kier molecular flexibility index (Phi) is 7.89. The summed E-state index contributed by atoms with van der Waals surface area (Å²) in [6.07, 6.45) is 2.63. The van der Waals surface area contributed by atoms with Crippen molar-refractivity contribution in [2.24, 2.45) is 5.92 Å². The lowest BCUT2D eigenvalue weighted by atomic mass is 9.89. The van der Waals surface area contributed by atoms with Gasteiger partial charge in [0.25, 0.3) is 0 Å². The van der Waals surface area contributed by atoms with E-state index in [2.05, 4.69) is 21.2 Å². The van der Waals surface area contributed by atoms with Crippen molar-refractivity contribution in [3.63, 3.8) is 0 Å². The fraction of sp³-hybridized carbons (Fsp3) is 0.200. The summed E-state index contributed by atoms with van der Waals surface area (Å²) in [6, 6.07) is 17.9. The lowest BCUT2D eigenvalue weighted by Crippen LogP contribution is -2.22. The Labute approximate surface area is 194 Å². The van der Waals surface area contributed by atoms with Crippen LogP contribution in [0.2, 0.25) is 0 Å². The lowest BCUT2D eigenvalue weighted by Gasteiger charge is -2.26. The minimum atomic E-state index is -0.996. The number of hydrogen-bond donors (Lipinski definition) is 3. The van der Waals surface area contributed by atoms with Gasteiger partial charge in [-0.15, -0.1) is 0 Å². The van der Waals surface area contributed by atoms with Crippen LogP contribution in [0.4, 0.5) is 10.5 Å². The predicted octanol–water partition coefficient (Wildman–Crippen LogP) is 6.65. The van der Waals surface area contributed by atoms with Crippen LogP contribution in [-0.2, 0) is 9.53 Å². The second-order valence-corrected chi connectivity index (χ2v) is 8.39. The number of aliphatic carboxylic acids is 1. The Hall–Kier alpha value is -3.32. The van der Waals surface area contributed by atoms with Gasteiger partial charge in [0.1, 0.15) is 11.9 Å². The number of fused-ring (bicyclic) bond motifs is 1. The summed E-state index contributed by atoms with van der Waals surface area (Å²) in [5.41, 5.74) is 1.38. The van der Waals surface area contributed by atoms with Crippen LogP contribution in [0, 0.1) is 5.92 Å². The summed E-state index contributed by atoms with van der Waals surface area (Å²) < 4.78 is 6.77. The molecule has 0 bridgehead atoms. The molecule has 0 fully saturated rings. The molecule has 0 saturated heterocycles. The number of allylic oxidation sites excluding steroid dienone is 1. The van der Waals surface area contributed by atoms with Gasteiger partial charge in [0.2, 0.25) is 0 Å². The van der Waals surface area contributed by atoms with Crippen LogP contribution < -0.4 is 5.32 Å². The largest absolute Gasteiger partial charge is 0.507 e. The number of amides is 1. The molecule has 0 heterocycles. The SMILES string of the molecule is C[C@@H](CC/C=C/C(=O)O)[C@@H](OC(=O)Nc1ccc(Br)cc1)c1ccc(O)c2ccccc12. The number of anilines is 1. The van der Waals surface area contributed by atoms with Crippen molar-refractivity contribution in [1.29, 1.82) is 0 Å². The third-order valence-electron chi connectivity index (χ3n) is 5.13. The molecule has 0 spiro atoms. The Morgan fingerprint density at radius 1 is 1.06 bits per heavy atom. The van der Waals surface area contributed by atoms with Crippen molar-refractivity contribution in [3.8, 4) is 5.75 Å². The minimum Gasteiger partial charge on any atom is -0.507 e. The number of halogens is 1. The van der Waals surface area contributed by atoms with E-state index in [0.29, 0.717) is 23.9 Å². The molecule has 0 radical (unpaired) electrons. The Balaban J connectivity index is 1.87. The van der Waals surface area contributed by atoms with E-state index >= 15 is 0 Å². The smallest absolute Gasteiger partial charge is 0.412 e. The predicted molar refractivity (Wildman–Crippen MR) is 128 cm³/mol. The average Bonchev–Trinajstić information content (AvgIpc) is 2.77. The highest BCUT2D eigenvalue weighted by Gasteiger charge is 2.26. The number of phenolic OH excluding ortho intramolecular Hbond substituents is 1. The van der Waals surface area contributed by atoms with Crippen LogP contribution >= 0.6 is 15.9 Å². The highest BCUT2D eigenvalue weighted by atomic mass is 79.9. The van der Waals surface area contributed by atoms with E-state index in [1.807, 2.05) is 43.3 Å². The molecule has 0 aliphatic heterocycles. The number of carbonyl (C=O) groups is 2. The lowest BCUT2D eigenvalue weighted by molar-refractivity contribution is -0.131. The molecule has 0 aliphatic carbocycles. The van der Waals surface area contributed by atoms with Crippen molar-refractivity contribution in [1.82, 2.24) is 0 Å². The molecule has 0 saturated carbocycles. The van der Waals surface area contributed by atoms with E-state index in [1.165, 1.54) is 0 Å². The number of benzene rings is 3. The maximum atomic E-state index is 12.7. The number of phenols is 1. The zero-order valence-electron chi connectivity index (χ0n) is 17.5. The number of rotatable bonds is 8. The normalized spacial score (nSPS) is 13.1. The number of carbonyl (C=O) groups excluding carboxylic acids is 1. The average molecular weight is 498 g/mol. The molecule has 1 amide bonds. The van der Waals surface area contributed by atoms with Crippen LogP contribution in [0.3, 0.4) is 0 Å². The molecule has 166 valence electrons. The summed E-state index contributed by atoms with van der Waals surface area (Å²) in [4.78, 5) is 23.4. The van der Waals surface area contributed by atoms with Crippen molar-refractivity contribution < 1.29 is 24.5 Å². The molecular formula is C25H24BrNO5. The first-order chi connectivity index (χ1) is 15.3. The fourth-order valence-corrected chi connectivity index (χ4v) is 3.80. The van der Waals surface area contributed by atoms with Gasteiger partial charge in [-0.05, 0) is 54.5 Å². The van der Waals surface area contributed by atoms with E-state index in [0.717, 1.165) is 21.5 Å². The monoisotopic (exact) mass is 497 g/mol. The number of carboxylic acids is 1. The van der Waals surface area contributed by atoms with Crippen molar-refractivity contribution in [2.75, 3.05) is 5.32 Å². The molecular weight excluding hydrogens is 474 g/mol. The first-order valence-electron chi connectivity index (χ1n) is 10.2. The first kappa shape index (κ1) is 23.3. The van der Waals surface area contributed by atoms with Gasteiger partial charge in [-0.1, -0.05) is 59.3 Å². The zero-order valence-corrected chi connectivity index (χ0v) is 19.1. The molecule has 3 rings (SSSR count). The Morgan fingerprint density at radius 2 is 1.75 bits per heavy atom. The van der Waals surface area contributed by atoms with Crippen LogP contribution in [0.1, 0.15) is 31.4 Å². The maximum Gasteiger partial charge on any atom is 0.412 e. The van der Waals surface area contributed by atoms with E-state index in [9.17, 15) is 14.7 Å². The van der Waals surface area contributed by atoms with E-state index in [-0.39, 0.29) is 11.7 Å².